The number of aliphatic hydroxyl groups is 1. The van der Waals surface area contributed by atoms with Gasteiger partial charge in [-0.3, -0.25) is 0 Å². The van der Waals surface area contributed by atoms with E-state index in [2.05, 4.69) is 31.9 Å². The lowest BCUT2D eigenvalue weighted by molar-refractivity contribution is 0.177. The highest BCUT2D eigenvalue weighted by atomic mass is 79.9. The third kappa shape index (κ3) is 3.82. The molecule has 0 amide bonds. The van der Waals surface area contributed by atoms with Gasteiger partial charge in [0.15, 0.2) is 0 Å². The highest BCUT2D eigenvalue weighted by molar-refractivity contribution is 9.11. The van der Waals surface area contributed by atoms with Gasteiger partial charge in [-0.15, -0.1) is 0 Å². The normalized spacial score (nSPS) is 12.5. The van der Waals surface area contributed by atoms with Crippen LogP contribution < -0.4 is 0 Å². The molecule has 0 saturated heterocycles. The predicted octanol–water partition coefficient (Wildman–Crippen LogP) is 5.45. The molecule has 2 aromatic carbocycles. The molecule has 1 nitrogen and oxygen atoms in total. The minimum absolute atomic E-state index is 0.536. The maximum atomic E-state index is 10.4. The number of halogens is 3. The van der Waals surface area contributed by atoms with Crippen molar-refractivity contribution in [2.24, 2.45) is 0 Å². The van der Waals surface area contributed by atoms with Gasteiger partial charge in [-0.05, 0) is 47.9 Å². The zero-order chi connectivity index (χ0) is 14.0. The molecule has 0 aliphatic rings. The molecule has 0 aliphatic heterocycles. The molecule has 2 rings (SSSR count). The molecule has 4 heteroatoms. The fourth-order valence-electron chi connectivity index (χ4n) is 1.91. The van der Waals surface area contributed by atoms with Crippen LogP contribution in [-0.2, 0) is 6.42 Å². The van der Waals surface area contributed by atoms with E-state index in [-0.39, 0.29) is 0 Å². The summed E-state index contributed by atoms with van der Waals surface area (Å²) in [5.41, 5.74) is 3.02. The van der Waals surface area contributed by atoms with Crippen molar-refractivity contribution in [3.8, 4) is 0 Å². The Balaban J connectivity index is 2.25. The van der Waals surface area contributed by atoms with Crippen LogP contribution >= 0.6 is 43.5 Å². The summed E-state index contributed by atoms with van der Waals surface area (Å²) >= 11 is 12.9. The van der Waals surface area contributed by atoms with Gasteiger partial charge in [-0.1, -0.05) is 55.6 Å². The number of rotatable bonds is 3. The number of aliphatic hydroxyl groups excluding tert-OH is 1. The van der Waals surface area contributed by atoms with Crippen molar-refractivity contribution >= 4 is 43.5 Å². The summed E-state index contributed by atoms with van der Waals surface area (Å²) < 4.78 is 1.92. The van der Waals surface area contributed by atoms with Crippen LogP contribution in [0.25, 0.3) is 0 Å². The van der Waals surface area contributed by atoms with Crippen molar-refractivity contribution < 1.29 is 5.11 Å². The lowest BCUT2D eigenvalue weighted by Crippen LogP contribution is -2.03. The van der Waals surface area contributed by atoms with Crippen molar-refractivity contribution in [3.05, 3.63) is 67.1 Å². The van der Waals surface area contributed by atoms with Crippen molar-refractivity contribution in [3.63, 3.8) is 0 Å². The molecule has 0 radical (unpaired) electrons. The molecule has 100 valence electrons. The highest BCUT2D eigenvalue weighted by Gasteiger charge is 2.14. The van der Waals surface area contributed by atoms with Gasteiger partial charge in [0.2, 0.25) is 0 Å². The zero-order valence-corrected chi connectivity index (χ0v) is 14.3. The van der Waals surface area contributed by atoms with Gasteiger partial charge in [0.1, 0.15) is 0 Å². The Hall–Kier alpha value is -0.350. The Morgan fingerprint density at radius 3 is 2.58 bits per heavy atom. The first-order chi connectivity index (χ1) is 8.97. The number of hydrogen-bond donors (Lipinski definition) is 1. The van der Waals surface area contributed by atoms with Crippen molar-refractivity contribution in [1.82, 2.24) is 0 Å². The quantitative estimate of drug-likeness (QED) is 0.721. The van der Waals surface area contributed by atoms with E-state index in [1.807, 2.05) is 43.3 Å². The van der Waals surface area contributed by atoms with Crippen molar-refractivity contribution in [2.45, 2.75) is 19.4 Å². The second kappa shape index (κ2) is 6.40. The molecule has 0 aliphatic carbocycles. The third-order valence-electron chi connectivity index (χ3n) is 2.96. The molecule has 0 heterocycles. The van der Waals surface area contributed by atoms with Gasteiger partial charge in [0.25, 0.3) is 0 Å². The Bertz CT molecular complexity index is 599. The van der Waals surface area contributed by atoms with Gasteiger partial charge in [0, 0.05) is 20.4 Å². The molecule has 1 N–H and O–H groups in total. The summed E-state index contributed by atoms with van der Waals surface area (Å²) in [6.45, 7) is 2.02. The summed E-state index contributed by atoms with van der Waals surface area (Å²) in [5, 5.41) is 11.1. The second-order valence-electron chi connectivity index (χ2n) is 4.47. The minimum Gasteiger partial charge on any atom is -0.388 e. The van der Waals surface area contributed by atoms with Gasteiger partial charge in [0.05, 0.1) is 6.10 Å². The predicted molar refractivity (Wildman–Crippen MR) is 86.7 cm³/mol. The minimum atomic E-state index is -0.565. The number of benzene rings is 2. The van der Waals surface area contributed by atoms with Crippen molar-refractivity contribution in [1.29, 1.82) is 0 Å². The van der Waals surface area contributed by atoms with Gasteiger partial charge in [-0.25, -0.2) is 0 Å². The van der Waals surface area contributed by atoms with E-state index in [0.717, 1.165) is 25.6 Å². The van der Waals surface area contributed by atoms with Crippen LogP contribution in [0.5, 0.6) is 0 Å². The van der Waals surface area contributed by atoms with E-state index in [4.69, 9.17) is 11.6 Å². The van der Waals surface area contributed by atoms with Crippen LogP contribution in [-0.4, -0.2) is 5.11 Å². The first kappa shape index (κ1) is 15.0. The van der Waals surface area contributed by atoms with Crippen LogP contribution in [0.2, 0.25) is 5.02 Å². The summed E-state index contributed by atoms with van der Waals surface area (Å²) in [6, 6.07) is 11.5. The Labute approximate surface area is 134 Å². The molecule has 2 aromatic rings. The lowest BCUT2D eigenvalue weighted by Gasteiger charge is -2.15. The van der Waals surface area contributed by atoms with E-state index < -0.39 is 6.10 Å². The smallest absolute Gasteiger partial charge is 0.0841 e. The van der Waals surface area contributed by atoms with Gasteiger partial charge in [-0.2, -0.15) is 0 Å². The number of aryl methyl sites for hydroxylation is 1. The highest BCUT2D eigenvalue weighted by Crippen LogP contribution is 2.31. The van der Waals surface area contributed by atoms with Crippen LogP contribution in [0.3, 0.4) is 0 Å². The van der Waals surface area contributed by atoms with Crippen LogP contribution in [0.15, 0.2) is 45.3 Å². The van der Waals surface area contributed by atoms with E-state index in [1.165, 1.54) is 0 Å². The zero-order valence-electron chi connectivity index (χ0n) is 10.3. The molecule has 19 heavy (non-hydrogen) atoms. The van der Waals surface area contributed by atoms with Crippen LogP contribution in [0.1, 0.15) is 22.8 Å². The molecule has 1 atom stereocenters. The third-order valence-corrected chi connectivity index (χ3v) is 4.73. The average molecular weight is 405 g/mol. The Kier molecular flexibility index (Phi) is 5.07. The van der Waals surface area contributed by atoms with Crippen LogP contribution in [0, 0.1) is 6.92 Å². The van der Waals surface area contributed by atoms with Crippen molar-refractivity contribution in [2.75, 3.05) is 0 Å². The topological polar surface area (TPSA) is 20.2 Å². The average Bonchev–Trinajstić information content (AvgIpc) is 2.33. The SMILES string of the molecule is Cc1cc(Br)c(C(O)Cc2cccc(Cl)c2)cc1Br. The Morgan fingerprint density at radius 2 is 1.89 bits per heavy atom. The van der Waals surface area contributed by atoms with E-state index in [1.54, 1.807) is 0 Å². The first-order valence-corrected chi connectivity index (χ1v) is 7.82. The molecular weight excluding hydrogens is 391 g/mol. The summed E-state index contributed by atoms with van der Waals surface area (Å²) in [6.07, 6.45) is -0.0287. The molecule has 0 fully saturated rings. The molecule has 1 unspecified atom stereocenters. The second-order valence-corrected chi connectivity index (χ2v) is 6.62. The maximum Gasteiger partial charge on any atom is 0.0841 e. The van der Waals surface area contributed by atoms with Crippen LogP contribution in [0.4, 0.5) is 0 Å². The summed E-state index contributed by atoms with van der Waals surface area (Å²) in [7, 11) is 0. The van der Waals surface area contributed by atoms with E-state index in [0.29, 0.717) is 11.4 Å². The number of hydrogen-bond acceptors (Lipinski definition) is 1. The lowest BCUT2D eigenvalue weighted by atomic mass is 10.0. The molecule has 0 bridgehead atoms. The molecule has 0 aromatic heterocycles. The molecule has 0 spiro atoms. The monoisotopic (exact) mass is 402 g/mol. The fourth-order valence-corrected chi connectivity index (χ4v) is 3.21. The van der Waals surface area contributed by atoms with Gasteiger partial charge < -0.3 is 5.11 Å². The fraction of sp³-hybridized carbons (Fsp3) is 0.200. The summed E-state index contributed by atoms with van der Waals surface area (Å²) in [4.78, 5) is 0. The first-order valence-electron chi connectivity index (χ1n) is 5.85. The largest absolute Gasteiger partial charge is 0.388 e. The standard InChI is InChI=1S/C15H13Br2ClO/c1-9-5-14(17)12(8-13(9)16)15(19)7-10-3-2-4-11(18)6-10/h2-6,8,15,19H,7H2,1H3. The van der Waals surface area contributed by atoms with E-state index in [9.17, 15) is 5.11 Å². The maximum absolute atomic E-state index is 10.4. The molecule has 0 saturated carbocycles. The summed E-state index contributed by atoms with van der Waals surface area (Å²) in [5.74, 6) is 0. The molecular formula is C15H13Br2ClO. The van der Waals surface area contributed by atoms with E-state index >= 15 is 0 Å². The van der Waals surface area contributed by atoms with Gasteiger partial charge >= 0.3 is 0 Å². The Morgan fingerprint density at radius 1 is 1.16 bits per heavy atom.